The first kappa shape index (κ1) is 24.6. The molecule has 192 valence electrons. The highest BCUT2D eigenvalue weighted by Crippen LogP contribution is 2.31. The lowest BCUT2D eigenvalue weighted by Crippen LogP contribution is -2.30. The molecule has 2 aliphatic heterocycles. The molecule has 1 aromatic heterocycles. The van der Waals surface area contributed by atoms with Crippen LogP contribution in [0, 0.1) is 5.82 Å². The van der Waals surface area contributed by atoms with Gasteiger partial charge in [0.1, 0.15) is 34.9 Å². The first-order valence-corrected chi connectivity index (χ1v) is 12.5. The smallest absolute Gasteiger partial charge is 0.267 e. The fourth-order valence-corrected chi connectivity index (χ4v) is 4.66. The molecule has 0 radical (unpaired) electrons. The van der Waals surface area contributed by atoms with Crippen LogP contribution in [0.15, 0.2) is 48.5 Å². The number of primary amides is 1. The molecule has 2 saturated heterocycles. The third kappa shape index (κ3) is 6.03. The van der Waals surface area contributed by atoms with Crippen LogP contribution in [0.3, 0.4) is 0 Å². The standard InChI is InChI=1S/C27H29FN6O3/c28-18-4-6-19(7-5-18)37-20-8-9-21(17(14-20)16-34-12-2-1-3-13-34)26-32-23(25(29)35)15-24(33-26)31-22-10-11-30-27(22)36/h4-9,14-15,22H,1-3,10-13,16H2,(H2,29,35)(H,30,36)(H,31,32,33)/t22-/m0/s1. The number of benzene rings is 2. The number of amides is 2. The Kier molecular flexibility index (Phi) is 7.27. The number of hydrogen-bond acceptors (Lipinski definition) is 7. The number of aromatic nitrogens is 2. The molecule has 9 nitrogen and oxygen atoms in total. The Morgan fingerprint density at radius 1 is 1.08 bits per heavy atom. The molecule has 2 aliphatic rings. The van der Waals surface area contributed by atoms with Crippen molar-refractivity contribution in [1.29, 1.82) is 0 Å². The van der Waals surface area contributed by atoms with Crippen molar-refractivity contribution >= 4 is 17.6 Å². The Bertz CT molecular complexity index is 1290. The van der Waals surface area contributed by atoms with Crippen LogP contribution in [0.4, 0.5) is 10.2 Å². The van der Waals surface area contributed by atoms with Crippen molar-refractivity contribution in [3.8, 4) is 22.9 Å². The Morgan fingerprint density at radius 3 is 2.54 bits per heavy atom. The minimum Gasteiger partial charge on any atom is -0.457 e. The minimum atomic E-state index is -0.684. The second-order valence-corrected chi connectivity index (χ2v) is 9.31. The predicted molar refractivity (Wildman–Crippen MR) is 137 cm³/mol. The number of rotatable bonds is 8. The van der Waals surface area contributed by atoms with E-state index in [1.165, 1.54) is 24.6 Å². The van der Waals surface area contributed by atoms with Gasteiger partial charge in [-0.3, -0.25) is 14.5 Å². The van der Waals surface area contributed by atoms with E-state index in [1.54, 1.807) is 18.2 Å². The monoisotopic (exact) mass is 504 g/mol. The molecule has 4 N–H and O–H groups in total. The molecule has 3 aromatic rings. The third-order valence-electron chi connectivity index (χ3n) is 6.56. The number of hydrogen-bond donors (Lipinski definition) is 3. The summed E-state index contributed by atoms with van der Waals surface area (Å²) in [7, 11) is 0. The largest absolute Gasteiger partial charge is 0.457 e. The number of ether oxygens (including phenoxy) is 1. The lowest BCUT2D eigenvalue weighted by Gasteiger charge is -2.27. The number of carbonyl (C=O) groups is 2. The summed E-state index contributed by atoms with van der Waals surface area (Å²) in [6.45, 7) is 3.18. The van der Waals surface area contributed by atoms with E-state index in [0.717, 1.165) is 37.1 Å². The number of nitrogens with one attached hydrogen (secondary N) is 2. The quantitative estimate of drug-likeness (QED) is 0.429. The van der Waals surface area contributed by atoms with Gasteiger partial charge in [0.05, 0.1) is 0 Å². The van der Waals surface area contributed by atoms with Gasteiger partial charge in [-0.05, 0) is 80.4 Å². The molecule has 1 atom stereocenters. The summed E-state index contributed by atoms with van der Waals surface area (Å²) < 4.78 is 19.3. The van der Waals surface area contributed by atoms with Crippen LogP contribution in [-0.2, 0) is 11.3 Å². The topological polar surface area (TPSA) is 122 Å². The lowest BCUT2D eigenvalue weighted by molar-refractivity contribution is -0.119. The molecule has 10 heteroatoms. The van der Waals surface area contributed by atoms with Crippen LogP contribution in [0.25, 0.3) is 11.4 Å². The average molecular weight is 505 g/mol. The Balaban J connectivity index is 1.51. The maximum atomic E-state index is 13.3. The van der Waals surface area contributed by atoms with Gasteiger partial charge >= 0.3 is 0 Å². The molecule has 2 aromatic carbocycles. The molecule has 2 fully saturated rings. The summed E-state index contributed by atoms with van der Waals surface area (Å²) in [5, 5.41) is 5.89. The maximum Gasteiger partial charge on any atom is 0.267 e. The van der Waals surface area contributed by atoms with Crippen molar-refractivity contribution in [3.63, 3.8) is 0 Å². The number of carbonyl (C=O) groups excluding carboxylic acids is 2. The van der Waals surface area contributed by atoms with E-state index in [4.69, 9.17) is 10.5 Å². The number of nitrogens with zero attached hydrogens (tertiary/aromatic N) is 3. The van der Waals surface area contributed by atoms with E-state index in [9.17, 15) is 14.0 Å². The molecule has 0 bridgehead atoms. The van der Waals surface area contributed by atoms with Crippen LogP contribution < -0.4 is 21.1 Å². The molecular formula is C27H29FN6O3. The fourth-order valence-electron chi connectivity index (χ4n) is 4.66. The first-order chi connectivity index (χ1) is 17.9. The van der Waals surface area contributed by atoms with Crippen molar-refractivity contribution in [2.75, 3.05) is 25.0 Å². The zero-order chi connectivity index (χ0) is 25.8. The second-order valence-electron chi connectivity index (χ2n) is 9.31. The van der Waals surface area contributed by atoms with Gasteiger partial charge in [0.15, 0.2) is 5.82 Å². The van der Waals surface area contributed by atoms with Crippen molar-refractivity contribution in [2.45, 2.75) is 38.3 Å². The van der Waals surface area contributed by atoms with Crippen molar-refractivity contribution in [1.82, 2.24) is 20.2 Å². The molecular weight excluding hydrogens is 475 g/mol. The highest BCUT2D eigenvalue weighted by Gasteiger charge is 2.25. The van der Waals surface area contributed by atoms with Crippen LogP contribution in [0.5, 0.6) is 11.5 Å². The summed E-state index contributed by atoms with van der Waals surface area (Å²) >= 11 is 0. The number of anilines is 1. The zero-order valence-corrected chi connectivity index (χ0v) is 20.4. The highest BCUT2D eigenvalue weighted by atomic mass is 19.1. The van der Waals surface area contributed by atoms with Crippen LogP contribution in [0.2, 0.25) is 0 Å². The minimum absolute atomic E-state index is 0.0569. The molecule has 0 unspecified atom stereocenters. The number of piperidine rings is 1. The van der Waals surface area contributed by atoms with E-state index in [0.29, 0.717) is 42.7 Å². The zero-order valence-electron chi connectivity index (χ0n) is 20.4. The SMILES string of the molecule is NC(=O)c1cc(N[C@H]2CCNC2=O)nc(-c2ccc(Oc3ccc(F)cc3)cc2CN2CCCCC2)n1. The Morgan fingerprint density at radius 2 is 1.84 bits per heavy atom. The molecule has 2 amide bonds. The van der Waals surface area contributed by atoms with Gasteiger partial charge in [-0.15, -0.1) is 0 Å². The van der Waals surface area contributed by atoms with Crippen LogP contribution >= 0.6 is 0 Å². The fraction of sp³-hybridized carbons (Fsp3) is 0.333. The van der Waals surface area contributed by atoms with E-state index < -0.39 is 11.9 Å². The van der Waals surface area contributed by atoms with Gasteiger partial charge < -0.3 is 21.1 Å². The predicted octanol–water partition coefficient (Wildman–Crippen LogP) is 3.46. The van der Waals surface area contributed by atoms with Crippen LogP contribution in [-0.4, -0.2) is 52.4 Å². The van der Waals surface area contributed by atoms with Gasteiger partial charge in [0.25, 0.3) is 5.91 Å². The summed E-state index contributed by atoms with van der Waals surface area (Å²) in [6, 6.07) is 12.4. The summed E-state index contributed by atoms with van der Waals surface area (Å²) in [4.78, 5) is 35.6. The first-order valence-electron chi connectivity index (χ1n) is 12.5. The molecule has 37 heavy (non-hydrogen) atoms. The van der Waals surface area contributed by atoms with Gasteiger partial charge in [0, 0.05) is 24.7 Å². The summed E-state index contributed by atoms with van der Waals surface area (Å²) in [5.74, 6) is 0.666. The lowest BCUT2D eigenvalue weighted by atomic mass is 10.0. The molecule has 0 spiro atoms. The Labute approximate surface area is 214 Å². The van der Waals surface area contributed by atoms with Gasteiger partial charge in [0.2, 0.25) is 5.91 Å². The average Bonchev–Trinajstić information content (AvgIpc) is 3.30. The number of likely N-dealkylation sites (tertiary alicyclic amines) is 1. The molecule has 3 heterocycles. The molecule has 0 saturated carbocycles. The van der Waals surface area contributed by atoms with E-state index in [1.807, 2.05) is 12.1 Å². The van der Waals surface area contributed by atoms with Gasteiger partial charge in [-0.25, -0.2) is 14.4 Å². The van der Waals surface area contributed by atoms with Crippen molar-refractivity contribution in [2.24, 2.45) is 5.73 Å². The molecule has 0 aliphatic carbocycles. The van der Waals surface area contributed by atoms with Gasteiger partial charge in [-0.2, -0.15) is 0 Å². The third-order valence-corrected chi connectivity index (χ3v) is 6.56. The second kappa shape index (κ2) is 10.9. The number of halogens is 1. The van der Waals surface area contributed by atoms with E-state index in [-0.39, 0.29) is 17.4 Å². The van der Waals surface area contributed by atoms with Gasteiger partial charge in [-0.1, -0.05) is 6.42 Å². The van der Waals surface area contributed by atoms with Crippen molar-refractivity contribution in [3.05, 3.63) is 65.6 Å². The molecule has 5 rings (SSSR count). The normalized spacial score (nSPS) is 17.9. The van der Waals surface area contributed by atoms with Crippen LogP contribution in [0.1, 0.15) is 41.7 Å². The van der Waals surface area contributed by atoms with E-state index in [2.05, 4.69) is 25.5 Å². The summed E-state index contributed by atoms with van der Waals surface area (Å²) in [6.07, 6.45) is 4.09. The Hall–Kier alpha value is -4.05. The highest BCUT2D eigenvalue weighted by molar-refractivity contribution is 5.92. The maximum absolute atomic E-state index is 13.3. The number of nitrogens with two attached hydrogens (primary N) is 1. The van der Waals surface area contributed by atoms with Crippen molar-refractivity contribution < 1.29 is 18.7 Å². The van der Waals surface area contributed by atoms with E-state index >= 15 is 0 Å². The summed E-state index contributed by atoms with van der Waals surface area (Å²) in [5.41, 5.74) is 7.30.